The van der Waals surface area contributed by atoms with Gasteiger partial charge in [-0.25, -0.2) is 8.42 Å². The summed E-state index contributed by atoms with van der Waals surface area (Å²) in [6.45, 7) is 1.96. The second-order valence-electron chi connectivity index (χ2n) is 4.52. The summed E-state index contributed by atoms with van der Waals surface area (Å²) in [4.78, 5) is 0.369. The summed E-state index contributed by atoms with van der Waals surface area (Å²) in [6.07, 6.45) is 1.53. The Morgan fingerprint density at radius 2 is 2.12 bits per heavy atom. The molecule has 94 valence electrons. The molecule has 1 fully saturated rings. The molecule has 1 aliphatic rings. The highest BCUT2D eigenvalue weighted by Gasteiger charge is 2.37. The van der Waals surface area contributed by atoms with E-state index < -0.39 is 9.84 Å². The van der Waals surface area contributed by atoms with E-state index in [4.69, 9.17) is 5.11 Å². The van der Waals surface area contributed by atoms with E-state index in [1.54, 1.807) is 18.2 Å². The minimum atomic E-state index is -3.16. The molecule has 0 amide bonds. The molecule has 1 N–H and O–H groups in total. The van der Waals surface area contributed by atoms with Gasteiger partial charge in [-0.1, -0.05) is 13.0 Å². The second kappa shape index (κ2) is 4.71. The number of aliphatic hydroxyl groups is 1. The Morgan fingerprint density at radius 1 is 1.47 bits per heavy atom. The fraction of sp³-hybridized carbons (Fsp3) is 0.500. The van der Waals surface area contributed by atoms with E-state index in [1.807, 2.05) is 6.92 Å². The molecule has 0 bridgehead atoms. The van der Waals surface area contributed by atoms with Gasteiger partial charge in [0.25, 0.3) is 0 Å². The first-order chi connectivity index (χ1) is 7.96. The number of hydrogen-bond donors (Lipinski definition) is 1. The van der Waals surface area contributed by atoms with Crippen LogP contribution in [-0.4, -0.2) is 25.4 Å². The highest BCUT2D eigenvalue weighted by atomic mass is 79.9. The molecule has 1 atom stereocenters. The maximum atomic E-state index is 12.1. The molecule has 1 saturated carbocycles. The van der Waals surface area contributed by atoms with Gasteiger partial charge in [0.2, 0.25) is 0 Å². The lowest BCUT2D eigenvalue weighted by Crippen LogP contribution is -2.08. The number of sulfone groups is 1. The van der Waals surface area contributed by atoms with E-state index in [-0.39, 0.29) is 17.8 Å². The van der Waals surface area contributed by atoms with Crippen LogP contribution < -0.4 is 0 Å². The highest BCUT2D eigenvalue weighted by molar-refractivity contribution is 9.10. The number of benzene rings is 1. The average Bonchev–Trinajstić information content (AvgIpc) is 3.11. The van der Waals surface area contributed by atoms with Crippen LogP contribution in [0.3, 0.4) is 0 Å². The third kappa shape index (κ3) is 2.56. The topological polar surface area (TPSA) is 54.4 Å². The maximum absolute atomic E-state index is 12.1. The molecule has 0 saturated heterocycles. The van der Waals surface area contributed by atoms with Crippen LogP contribution in [0.15, 0.2) is 27.6 Å². The quantitative estimate of drug-likeness (QED) is 0.928. The van der Waals surface area contributed by atoms with Gasteiger partial charge >= 0.3 is 0 Å². The molecule has 1 aliphatic carbocycles. The summed E-state index contributed by atoms with van der Waals surface area (Å²) >= 11 is 3.32. The van der Waals surface area contributed by atoms with Crippen LogP contribution in [-0.2, 0) is 9.84 Å². The van der Waals surface area contributed by atoms with Crippen molar-refractivity contribution in [3.63, 3.8) is 0 Å². The van der Waals surface area contributed by atoms with Gasteiger partial charge in [-0.05, 0) is 46.5 Å². The van der Waals surface area contributed by atoms with E-state index in [0.29, 0.717) is 9.37 Å². The Balaban J connectivity index is 2.38. The largest absolute Gasteiger partial charge is 0.396 e. The maximum Gasteiger partial charge on any atom is 0.182 e. The van der Waals surface area contributed by atoms with E-state index in [0.717, 1.165) is 18.4 Å². The van der Waals surface area contributed by atoms with Gasteiger partial charge in [-0.2, -0.15) is 0 Å². The minimum Gasteiger partial charge on any atom is -0.396 e. The molecular formula is C12H15BrO3S. The molecule has 2 rings (SSSR count). The summed E-state index contributed by atoms with van der Waals surface area (Å²) < 4.78 is 24.8. The van der Waals surface area contributed by atoms with Gasteiger partial charge in [0, 0.05) is 17.0 Å². The molecule has 0 aliphatic heterocycles. The first-order valence-corrected chi connectivity index (χ1v) is 7.95. The Kier molecular flexibility index (Phi) is 3.61. The van der Waals surface area contributed by atoms with Gasteiger partial charge in [-0.3, -0.25) is 0 Å². The molecule has 3 nitrogen and oxygen atoms in total. The molecular weight excluding hydrogens is 304 g/mol. The van der Waals surface area contributed by atoms with Crippen molar-refractivity contribution in [1.29, 1.82) is 0 Å². The minimum absolute atomic E-state index is 0.0176. The van der Waals surface area contributed by atoms with Crippen LogP contribution in [0.5, 0.6) is 0 Å². The summed E-state index contributed by atoms with van der Waals surface area (Å²) in [5.74, 6) is 0.0176. The molecule has 1 aromatic rings. The Labute approximate surface area is 110 Å². The summed E-state index contributed by atoms with van der Waals surface area (Å²) in [6, 6.07) is 5.20. The van der Waals surface area contributed by atoms with Crippen LogP contribution >= 0.6 is 15.9 Å². The zero-order valence-electron chi connectivity index (χ0n) is 9.56. The lowest BCUT2D eigenvalue weighted by Gasteiger charge is -2.11. The van der Waals surface area contributed by atoms with Gasteiger partial charge in [0.15, 0.2) is 9.84 Å². The molecule has 0 aromatic heterocycles. The van der Waals surface area contributed by atoms with Crippen molar-refractivity contribution >= 4 is 25.8 Å². The molecule has 0 radical (unpaired) electrons. The van der Waals surface area contributed by atoms with Gasteiger partial charge in [0.1, 0.15) is 0 Å². The predicted octanol–water partition coefficient (Wildman–Crippen LogP) is 2.48. The van der Waals surface area contributed by atoms with Crippen molar-refractivity contribution in [2.45, 2.75) is 35.8 Å². The third-order valence-corrected chi connectivity index (χ3v) is 6.31. The number of halogens is 1. The third-order valence-electron chi connectivity index (χ3n) is 3.07. The first-order valence-electron chi connectivity index (χ1n) is 5.61. The predicted molar refractivity (Wildman–Crippen MR) is 69.9 cm³/mol. The summed E-state index contributed by atoms with van der Waals surface area (Å²) in [7, 11) is -3.16. The Bertz CT molecular complexity index is 521. The normalized spacial score (nSPS) is 18.1. The average molecular weight is 319 g/mol. The molecule has 0 spiro atoms. The van der Waals surface area contributed by atoms with Crippen molar-refractivity contribution < 1.29 is 13.5 Å². The fourth-order valence-corrected chi connectivity index (χ4v) is 4.50. The lowest BCUT2D eigenvalue weighted by molar-refractivity contribution is 0.273. The van der Waals surface area contributed by atoms with Crippen molar-refractivity contribution in [2.75, 3.05) is 6.61 Å². The smallest absolute Gasteiger partial charge is 0.182 e. The zero-order chi connectivity index (χ0) is 12.6. The van der Waals surface area contributed by atoms with Crippen LogP contribution in [0.4, 0.5) is 0 Å². The SMILES string of the molecule is CC(CO)c1ccc(S(=O)(=O)C2CC2)c(Br)c1. The zero-order valence-corrected chi connectivity index (χ0v) is 12.0. The monoisotopic (exact) mass is 318 g/mol. The van der Waals surface area contributed by atoms with Gasteiger partial charge in [0.05, 0.1) is 10.1 Å². The summed E-state index contributed by atoms with van der Waals surface area (Å²) in [5, 5.41) is 8.88. The number of aliphatic hydroxyl groups excluding tert-OH is 1. The van der Waals surface area contributed by atoms with Crippen molar-refractivity contribution in [3.8, 4) is 0 Å². The molecule has 17 heavy (non-hydrogen) atoms. The van der Waals surface area contributed by atoms with Crippen LogP contribution in [0, 0.1) is 0 Å². The van der Waals surface area contributed by atoms with Crippen LogP contribution in [0.2, 0.25) is 0 Å². The van der Waals surface area contributed by atoms with E-state index in [2.05, 4.69) is 15.9 Å². The highest BCUT2D eigenvalue weighted by Crippen LogP contribution is 2.37. The number of hydrogen-bond acceptors (Lipinski definition) is 3. The van der Waals surface area contributed by atoms with Gasteiger partial charge < -0.3 is 5.11 Å². The van der Waals surface area contributed by atoms with Crippen LogP contribution in [0.1, 0.15) is 31.2 Å². The van der Waals surface area contributed by atoms with Crippen molar-refractivity contribution in [2.24, 2.45) is 0 Å². The van der Waals surface area contributed by atoms with E-state index in [1.165, 1.54) is 0 Å². The molecule has 0 heterocycles. The standard InChI is InChI=1S/C12H15BrO3S/c1-8(7-14)9-2-5-12(11(13)6-9)17(15,16)10-3-4-10/h2,5-6,8,10,14H,3-4,7H2,1H3. The van der Waals surface area contributed by atoms with Crippen molar-refractivity contribution in [3.05, 3.63) is 28.2 Å². The van der Waals surface area contributed by atoms with Crippen LogP contribution in [0.25, 0.3) is 0 Å². The first kappa shape index (κ1) is 13.1. The summed E-state index contributed by atoms with van der Waals surface area (Å²) in [5.41, 5.74) is 0.939. The fourth-order valence-electron chi connectivity index (χ4n) is 1.72. The van der Waals surface area contributed by atoms with E-state index in [9.17, 15) is 8.42 Å². The lowest BCUT2D eigenvalue weighted by atomic mass is 10.0. The van der Waals surface area contributed by atoms with E-state index >= 15 is 0 Å². The second-order valence-corrected chi connectivity index (χ2v) is 7.57. The van der Waals surface area contributed by atoms with Gasteiger partial charge in [-0.15, -0.1) is 0 Å². The molecule has 1 aromatic carbocycles. The van der Waals surface area contributed by atoms with Crippen molar-refractivity contribution in [1.82, 2.24) is 0 Å². The molecule has 5 heteroatoms. The Morgan fingerprint density at radius 3 is 2.59 bits per heavy atom. The molecule has 1 unspecified atom stereocenters. The number of rotatable bonds is 4. The Hall–Kier alpha value is -0.390.